The molecule has 1 aliphatic heterocycles. The van der Waals surface area contributed by atoms with Gasteiger partial charge in [-0.25, -0.2) is 0 Å². The van der Waals surface area contributed by atoms with Crippen LogP contribution in [0.4, 0.5) is 0 Å². The minimum absolute atomic E-state index is 0.108. The van der Waals surface area contributed by atoms with E-state index in [1.165, 1.54) is 54.3 Å². The Balaban J connectivity index is 1.30. The van der Waals surface area contributed by atoms with Gasteiger partial charge in [0.2, 0.25) is 0 Å². The van der Waals surface area contributed by atoms with Crippen molar-refractivity contribution < 1.29 is 19.0 Å². The summed E-state index contributed by atoms with van der Waals surface area (Å²) in [6.45, 7) is 4.91. The number of rotatable bonds is 10. The van der Waals surface area contributed by atoms with Crippen molar-refractivity contribution in [1.82, 2.24) is 4.90 Å². The topological polar surface area (TPSA) is 48.0 Å². The summed E-state index contributed by atoms with van der Waals surface area (Å²) in [6.07, 6.45) is 10.1. The van der Waals surface area contributed by atoms with E-state index in [2.05, 4.69) is 30.8 Å². The lowest BCUT2D eigenvalue weighted by Gasteiger charge is -2.22. The Morgan fingerprint density at radius 2 is 1.80 bits per heavy atom. The van der Waals surface area contributed by atoms with Gasteiger partial charge in [0.25, 0.3) is 5.91 Å². The molecular weight excluding hydrogens is 478 g/mol. The number of carbonyl (C=O) groups excluding carboxylic acids is 1. The fraction of sp³-hybridized carbons (Fsp3) is 0.357. The third kappa shape index (κ3) is 6.47. The van der Waals surface area contributed by atoms with Gasteiger partial charge in [-0.15, -0.1) is 6.58 Å². The summed E-state index contributed by atoms with van der Waals surface area (Å²) in [6, 6.07) is 14.1. The lowest BCUT2D eigenvalue weighted by molar-refractivity contribution is -0.121. The van der Waals surface area contributed by atoms with E-state index >= 15 is 0 Å². The lowest BCUT2D eigenvalue weighted by Crippen LogP contribution is -2.27. The molecule has 35 heavy (non-hydrogen) atoms. The first-order chi connectivity index (χ1) is 17.1. The molecule has 0 N–H and O–H groups in total. The molecule has 7 heteroatoms. The normalized spacial score (nSPS) is 17.6. The molecule has 5 nitrogen and oxygen atoms in total. The van der Waals surface area contributed by atoms with Crippen LogP contribution in [0, 0.1) is 0 Å². The fourth-order valence-corrected chi connectivity index (χ4v) is 5.69. The molecule has 184 valence electrons. The molecule has 1 heterocycles. The Bertz CT molecular complexity index is 1090. The van der Waals surface area contributed by atoms with Gasteiger partial charge in [-0.3, -0.25) is 9.69 Å². The van der Waals surface area contributed by atoms with Crippen LogP contribution in [0.5, 0.6) is 17.2 Å². The minimum atomic E-state index is -0.108. The van der Waals surface area contributed by atoms with E-state index in [0.29, 0.717) is 46.4 Å². The molecule has 1 saturated heterocycles. The number of hydrogen-bond donors (Lipinski definition) is 0. The van der Waals surface area contributed by atoms with Gasteiger partial charge in [0.1, 0.15) is 23.3 Å². The quantitative estimate of drug-likeness (QED) is 0.156. The lowest BCUT2D eigenvalue weighted by atomic mass is 9.84. The van der Waals surface area contributed by atoms with Gasteiger partial charge in [-0.2, -0.15) is 0 Å². The van der Waals surface area contributed by atoms with Crippen molar-refractivity contribution >= 4 is 40.3 Å². The standard InChI is InChI=1S/C28H31NO4S2/c1-3-15-29-27(30)26(35-28(29)34)19-20-9-14-24(25(18-20)31-2)33-17-16-32-23-12-10-22(11-13-23)21-7-5-4-6-8-21/h3,9-14,18-19,21H,1,4-8,15-17H2,2H3. The minimum Gasteiger partial charge on any atom is -0.493 e. The maximum atomic E-state index is 12.6. The highest BCUT2D eigenvalue weighted by Gasteiger charge is 2.31. The molecule has 4 rings (SSSR count). The van der Waals surface area contributed by atoms with Crippen LogP contribution >= 0.6 is 24.0 Å². The monoisotopic (exact) mass is 509 g/mol. The van der Waals surface area contributed by atoms with Crippen molar-refractivity contribution in [2.24, 2.45) is 0 Å². The summed E-state index contributed by atoms with van der Waals surface area (Å²) in [5.41, 5.74) is 2.25. The van der Waals surface area contributed by atoms with Crippen LogP contribution in [0.3, 0.4) is 0 Å². The van der Waals surface area contributed by atoms with E-state index in [-0.39, 0.29) is 5.91 Å². The zero-order valence-electron chi connectivity index (χ0n) is 20.0. The highest BCUT2D eigenvalue weighted by molar-refractivity contribution is 8.26. The number of nitrogens with zero attached hydrogens (tertiary/aromatic N) is 1. The third-order valence-electron chi connectivity index (χ3n) is 6.24. The van der Waals surface area contributed by atoms with Gasteiger partial charge >= 0.3 is 0 Å². The molecular formula is C28H31NO4S2. The second-order valence-corrected chi connectivity index (χ2v) is 10.3. The second kappa shape index (κ2) is 12.3. The average Bonchev–Trinajstić information content (AvgIpc) is 3.15. The summed E-state index contributed by atoms with van der Waals surface area (Å²) >= 11 is 6.59. The maximum Gasteiger partial charge on any atom is 0.266 e. The Labute approximate surface area is 217 Å². The largest absolute Gasteiger partial charge is 0.493 e. The van der Waals surface area contributed by atoms with Crippen molar-refractivity contribution in [1.29, 1.82) is 0 Å². The van der Waals surface area contributed by atoms with Crippen molar-refractivity contribution in [2.45, 2.75) is 38.0 Å². The first-order valence-corrected chi connectivity index (χ1v) is 13.2. The van der Waals surface area contributed by atoms with Gasteiger partial charge in [-0.1, -0.05) is 67.5 Å². The third-order valence-corrected chi connectivity index (χ3v) is 7.61. The number of thioether (sulfide) groups is 1. The van der Waals surface area contributed by atoms with E-state index in [0.717, 1.165) is 11.3 Å². The number of amides is 1. The molecule has 2 aromatic rings. The predicted octanol–water partition coefficient (Wildman–Crippen LogP) is 6.59. The van der Waals surface area contributed by atoms with Crippen molar-refractivity contribution in [3.63, 3.8) is 0 Å². The van der Waals surface area contributed by atoms with E-state index in [9.17, 15) is 4.79 Å². The first-order valence-electron chi connectivity index (χ1n) is 12.0. The first kappa shape index (κ1) is 25.3. The number of benzene rings is 2. The van der Waals surface area contributed by atoms with Gasteiger partial charge < -0.3 is 14.2 Å². The van der Waals surface area contributed by atoms with Crippen LogP contribution in [0.15, 0.2) is 60.0 Å². The maximum absolute atomic E-state index is 12.6. The summed E-state index contributed by atoms with van der Waals surface area (Å²) in [4.78, 5) is 14.7. The van der Waals surface area contributed by atoms with E-state index in [4.69, 9.17) is 26.4 Å². The smallest absolute Gasteiger partial charge is 0.266 e. The van der Waals surface area contributed by atoms with Gasteiger partial charge in [0.05, 0.1) is 12.0 Å². The number of methoxy groups -OCH3 is 1. The molecule has 0 bridgehead atoms. The SMILES string of the molecule is C=CCN1C(=O)C(=Cc2ccc(OCCOc3ccc(C4CCCCC4)cc3)c(OC)c2)SC1=S. The molecule has 1 saturated carbocycles. The van der Waals surface area contributed by atoms with Crippen LogP contribution in [-0.4, -0.2) is 42.0 Å². The summed E-state index contributed by atoms with van der Waals surface area (Å²) in [5.74, 6) is 2.66. The zero-order chi connectivity index (χ0) is 24.6. The summed E-state index contributed by atoms with van der Waals surface area (Å²) < 4.78 is 17.8. The van der Waals surface area contributed by atoms with Crippen LogP contribution in [0.25, 0.3) is 6.08 Å². The fourth-order valence-electron chi connectivity index (χ4n) is 4.41. The highest BCUT2D eigenvalue weighted by Crippen LogP contribution is 2.35. The van der Waals surface area contributed by atoms with Crippen LogP contribution in [-0.2, 0) is 4.79 Å². The summed E-state index contributed by atoms with van der Waals surface area (Å²) in [7, 11) is 1.60. The van der Waals surface area contributed by atoms with E-state index in [1.807, 2.05) is 24.3 Å². The van der Waals surface area contributed by atoms with Crippen molar-refractivity contribution in [3.8, 4) is 17.2 Å². The number of thiocarbonyl (C=S) groups is 1. The molecule has 2 aliphatic rings. The molecule has 0 aromatic heterocycles. The molecule has 0 spiro atoms. The molecule has 1 amide bonds. The van der Waals surface area contributed by atoms with Crippen LogP contribution in [0.2, 0.25) is 0 Å². The molecule has 0 unspecified atom stereocenters. The summed E-state index contributed by atoms with van der Waals surface area (Å²) in [5, 5.41) is 0. The molecule has 1 aliphatic carbocycles. The Kier molecular flexibility index (Phi) is 8.88. The second-order valence-electron chi connectivity index (χ2n) is 8.59. The molecule has 2 aromatic carbocycles. The average molecular weight is 510 g/mol. The molecule has 0 atom stereocenters. The number of hydrogen-bond acceptors (Lipinski definition) is 6. The van der Waals surface area contributed by atoms with Gasteiger partial charge in [0, 0.05) is 6.54 Å². The van der Waals surface area contributed by atoms with Gasteiger partial charge in [0.15, 0.2) is 11.5 Å². The number of ether oxygens (including phenoxy) is 3. The van der Waals surface area contributed by atoms with Gasteiger partial charge in [-0.05, 0) is 60.2 Å². The number of carbonyl (C=O) groups is 1. The molecule has 2 fully saturated rings. The highest BCUT2D eigenvalue weighted by atomic mass is 32.2. The van der Waals surface area contributed by atoms with E-state index in [1.54, 1.807) is 13.2 Å². The Morgan fingerprint density at radius 3 is 2.51 bits per heavy atom. The predicted molar refractivity (Wildman–Crippen MR) is 146 cm³/mol. The van der Waals surface area contributed by atoms with Crippen molar-refractivity contribution in [2.75, 3.05) is 26.9 Å². The van der Waals surface area contributed by atoms with E-state index < -0.39 is 0 Å². The molecule has 0 radical (unpaired) electrons. The Hall–Kier alpha value is -2.77. The Morgan fingerprint density at radius 1 is 1.06 bits per heavy atom. The van der Waals surface area contributed by atoms with Crippen LogP contribution in [0.1, 0.15) is 49.1 Å². The van der Waals surface area contributed by atoms with Crippen molar-refractivity contribution in [3.05, 3.63) is 71.2 Å². The zero-order valence-corrected chi connectivity index (χ0v) is 21.7. The van der Waals surface area contributed by atoms with Crippen LogP contribution < -0.4 is 14.2 Å².